The van der Waals surface area contributed by atoms with Crippen molar-refractivity contribution < 1.29 is 17.9 Å². The zero-order valence-electron chi connectivity index (χ0n) is 16.7. The Morgan fingerprint density at radius 3 is 2.71 bits per heavy atom. The molecule has 2 heterocycles. The van der Waals surface area contributed by atoms with Crippen molar-refractivity contribution in [2.24, 2.45) is 0 Å². The quantitative estimate of drug-likeness (QED) is 0.798. The van der Waals surface area contributed by atoms with Crippen molar-refractivity contribution in [3.63, 3.8) is 0 Å². The molecule has 0 radical (unpaired) electrons. The number of aromatic nitrogens is 2. The van der Waals surface area contributed by atoms with Gasteiger partial charge < -0.3 is 10.1 Å². The summed E-state index contributed by atoms with van der Waals surface area (Å²) in [5.41, 5.74) is 2.84. The zero-order valence-corrected chi connectivity index (χ0v) is 17.5. The molecule has 1 saturated heterocycles. The normalized spacial score (nSPS) is 18.4. The summed E-state index contributed by atoms with van der Waals surface area (Å²) >= 11 is 0. The number of anilines is 1. The second kappa shape index (κ2) is 7.95. The number of nitrogens with zero attached hydrogens (tertiary/aromatic N) is 2. The predicted molar refractivity (Wildman–Crippen MR) is 109 cm³/mol. The first kappa shape index (κ1) is 20.4. The molecule has 0 aliphatic carbocycles. The van der Waals surface area contributed by atoms with Crippen molar-refractivity contribution in [3.05, 3.63) is 41.1 Å². The fourth-order valence-corrected chi connectivity index (χ4v) is 5.11. The number of aryl methyl sites for hydroxylation is 2. The molecule has 1 aromatic heterocycles. The average molecular weight is 406 g/mol. The molecule has 1 atom stereocenters. The van der Waals surface area contributed by atoms with E-state index in [4.69, 9.17) is 4.74 Å². The third-order valence-electron chi connectivity index (χ3n) is 4.83. The van der Waals surface area contributed by atoms with E-state index in [9.17, 15) is 13.2 Å². The van der Waals surface area contributed by atoms with Crippen LogP contribution in [0.1, 0.15) is 49.0 Å². The SMILES string of the molecule is Cc1ccc(C(C)C)c(OCC(=O)Nc2cc(C)nn2C2CCS(=O)(=O)C2)c1. The Labute approximate surface area is 166 Å². The van der Waals surface area contributed by atoms with Crippen LogP contribution in [-0.2, 0) is 14.6 Å². The van der Waals surface area contributed by atoms with E-state index in [1.54, 1.807) is 10.7 Å². The number of hydrogen-bond acceptors (Lipinski definition) is 5. The van der Waals surface area contributed by atoms with Gasteiger partial charge in [0.1, 0.15) is 11.6 Å². The zero-order chi connectivity index (χ0) is 20.5. The Hall–Kier alpha value is -2.35. The van der Waals surface area contributed by atoms with Gasteiger partial charge in [-0.1, -0.05) is 26.0 Å². The minimum absolute atomic E-state index is 0.0501. The molecule has 1 unspecified atom stereocenters. The minimum Gasteiger partial charge on any atom is -0.483 e. The number of rotatable bonds is 6. The van der Waals surface area contributed by atoms with Crippen molar-refractivity contribution in [3.8, 4) is 5.75 Å². The number of benzene rings is 1. The van der Waals surface area contributed by atoms with E-state index >= 15 is 0 Å². The Bertz CT molecular complexity index is 979. The summed E-state index contributed by atoms with van der Waals surface area (Å²) in [5.74, 6) is 1.39. The minimum atomic E-state index is -3.04. The van der Waals surface area contributed by atoms with Gasteiger partial charge >= 0.3 is 0 Å². The lowest BCUT2D eigenvalue weighted by atomic mass is 10.0. The number of sulfone groups is 1. The molecule has 8 heteroatoms. The molecule has 2 aromatic rings. The van der Waals surface area contributed by atoms with Gasteiger partial charge in [-0.2, -0.15) is 5.10 Å². The molecule has 0 bridgehead atoms. The highest BCUT2D eigenvalue weighted by atomic mass is 32.2. The van der Waals surface area contributed by atoms with Gasteiger partial charge in [-0.15, -0.1) is 0 Å². The van der Waals surface area contributed by atoms with Crippen LogP contribution < -0.4 is 10.1 Å². The van der Waals surface area contributed by atoms with E-state index in [-0.39, 0.29) is 36.0 Å². The number of carbonyl (C=O) groups is 1. The van der Waals surface area contributed by atoms with Crippen LogP contribution >= 0.6 is 0 Å². The Morgan fingerprint density at radius 1 is 1.32 bits per heavy atom. The Balaban J connectivity index is 1.69. The van der Waals surface area contributed by atoms with Gasteiger partial charge in [0.15, 0.2) is 16.4 Å². The van der Waals surface area contributed by atoms with Gasteiger partial charge in [0.25, 0.3) is 5.91 Å². The number of ether oxygens (including phenoxy) is 1. The predicted octanol–water partition coefficient (Wildman–Crippen LogP) is 3.00. The molecule has 1 N–H and O–H groups in total. The Kier molecular flexibility index (Phi) is 5.79. The molecule has 1 amide bonds. The smallest absolute Gasteiger partial charge is 0.263 e. The lowest BCUT2D eigenvalue weighted by molar-refractivity contribution is -0.118. The Morgan fingerprint density at radius 2 is 2.07 bits per heavy atom. The van der Waals surface area contributed by atoms with Crippen molar-refractivity contribution >= 4 is 21.6 Å². The number of carbonyl (C=O) groups excluding carboxylic acids is 1. The van der Waals surface area contributed by atoms with Crippen molar-refractivity contribution in [2.75, 3.05) is 23.4 Å². The highest BCUT2D eigenvalue weighted by molar-refractivity contribution is 7.91. The lowest BCUT2D eigenvalue weighted by Gasteiger charge is -2.16. The second-order valence-electron chi connectivity index (χ2n) is 7.71. The molecule has 0 saturated carbocycles. The first-order valence-corrected chi connectivity index (χ1v) is 11.3. The third kappa shape index (κ3) is 4.73. The molecule has 3 rings (SSSR count). The molecule has 28 heavy (non-hydrogen) atoms. The molecular weight excluding hydrogens is 378 g/mol. The van der Waals surface area contributed by atoms with Gasteiger partial charge in [-0.3, -0.25) is 4.79 Å². The maximum atomic E-state index is 12.5. The second-order valence-corrected chi connectivity index (χ2v) is 9.93. The van der Waals surface area contributed by atoms with Gasteiger partial charge in [-0.25, -0.2) is 13.1 Å². The molecule has 1 aliphatic heterocycles. The maximum absolute atomic E-state index is 12.5. The molecular formula is C20H27N3O4S. The highest BCUT2D eigenvalue weighted by Gasteiger charge is 2.31. The van der Waals surface area contributed by atoms with E-state index in [0.717, 1.165) is 16.8 Å². The fraction of sp³-hybridized carbons (Fsp3) is 0.500. The summed E-state index contributed by atoms with van der Waals surface area (Å²) in [5, 5.41) is 7.19. The average Bonchev–Trinajstić information content (AvgIpc) is 3.14. The van der Waals surface area contributed by atoms with Gasteiger partial charge in [0.05, 0.1) is 23.2 Å². The lowest BCUT2D eigenvalue weighted by Crippen LogP contribution is -2.24. The summed E-state index contributed by atoms with van der Waals surface area (Å²) in [6.07, 6.45) is 0.504. The molecule has 1 fully saturated rings. The standard InChI is InChI=1S/C20H27N3O4S/c1-13(2)17-6-5-14(3)9-18(17)27-11-20(24)21-19-10-15(4)22-23(19)16-7-8-28(25,26)12-16/h5-6,9-10,13,16H,7-8,11-12H2,1-4H3,(H,21,24). The molecule has 7 nitrogen and oxygen atoms in total. The van der Waals surface area contributed by atoms with Gasteiger partial charge in [0, 0.05) is 6.07 Å². The molecule has 152 valence electrons. The highest BCUT2D eigenvalue weighted by Crippen LogP contribution is 2.28. The first-order valence-electron chi connectivity index (χ1n) is 9.44. The van der Waals surface area contributed by atoms with Gasteiger partial charge in [0.2, 0.25) is 0 Å². The van der Waals surface area contributed by atoms with Crippen LogP contribution in [0.15, 0.2) is 24.3 Å². The van der Waals surface area contributed by atoms with Crippen LogP contribution in [-0.4, -0.2) is 42.2 Å². The van der Waals surface area contributed by atoms with Crippen molar-refractivity contribution in [1.29, 1.82) is 0 Å². The van der Waals surface area contributed by atoms with E-state index < -0.39 is 9.84 Å². The molecule has 1 aromatic carbocycles. The molecule has 1 aliphatic rings. The largest absolute Gasteiger partial charge is 0.483 e. The first-order chi connectivity index (χ1) is 13.1. The van der Waals surface area contributed by atoms with E-state index in [0.29, 0.717) is 18.0 Å². The number of amides is 1. The summed E-state index contributed by atoms with van der Waals surface area (Å²) in [7, 11) is -3.04. The van der Waals surface area contributed by atoms with Gasteiger partial charge in [-0.05, 0) is 43.4 Å². The van der Waals surface area contributed by atoms with E-state index in [1.165, 1.54) is 0 Å². The summed E-state index contributed by atoms with van der Waals surface area (Å²) in [4.78, 5) is 12.5. The summed E-state index contributed by atoms with van der Waals surface area (Å²) < 4.78 is 31.0. The number of nitrogens with one attached hydrogen (secondary N) is 1. The summed E-state index contributed by atoms with van der Waals surface area (Å²) in [6, 6.07) is 7.47. The van der Waals surface area contributed by atoms with Crippen LogP contribution in [0.25, 0.3) is 0 Å². The van der Waals surface area contributed by atoms with Crippen LogP contribution in [0.4, 0.5) is 5.82 Å². The fourth-order valence-electron chi connectivity index (χ4n) is 3.42. The monoisotopic (exact) mass is 405 g/mol. The third-order valence-corrected chi connectivity index (χ3v) is 6.58. The summed E-state index contributed by atoms with van der Waals surface area (Å²) in [6.45, 7) is 7.82. The van der Waals surface area contributed by atoms with Crippen molar-refractivity contribution in [2.45, 2.75) is 46.1 Å². The molecule has 0 spiro atoms. The maximum Gasteiger partial charge on any atom is 0.263 e. The van der Waals surface area contributed by atoms with Crippen LogP contribution in [0.2, 0.25) is 0 Å². The van der Waals surface area contributed by atoms with Crippen LogP contribution in [0.5, 0.6) is 5.75 Å². The van der Waals surface area contributed by atoms with Crippen LogP contribution in [0, 0.1) is 13.8 Å². The number of hydrogen-bond donors (Lipinski definition) is 1. The van der Waals surface area contributed by atoms with Crippen LogP contribution in [0.3, 0.4) is 0 Å². The van der Waals surface area contributed by atoms with E-state index in [2.05, 4.69) is 24.3 Å². The topological polar surface area (TPSA) is 90.3 Å². The van der Waals surface area contributed by atoms with E-state index in [1.807, 2.05) is 32.0 Å². The van der Waals surface area contributed by atoms with Crippen molar-refractivity contribution in [1.82, 2.24) is 9.78 Å².